The molecule has 0 aromatic carbocycles. The molecule has 0 amide bonds. The van der Waals surface area contributed by atoms with E-state index in [0.29, 0.717) is 6.61 Å². The van der Waals surface area contributed by atoms with Crippen LogP contribution in [0.25, 0.3) is 0 Å². The van der Waals surface area contributed by atoms with Gasteiger partial charge in [-0.05, 0) is 0 Å². The first-order chi connectivity index (χ1) is 5.33. The Kier molecular flexibility index (Phi) is 2.83. The first-order valence-corrected chi connectivity index (χ1v) is 3.68. The summed E-state index contributed by atoms with van der Waals surface area (Å²) in [4.78, 5) is 4.30. The van der Waals surface area contributed by atoms with Gasteiger partial charge < -0.3 is 14.5 Å². The molecule has 0 unspecified atom stereocenters. The molecule has 0 spiro atoms. The number of hydrogen-bond donors (Lipinski definition) is 0. The molecule has 0 saturated carbocycles. The predicted octanol–water partition coefficient (Wildman–Crippen LogP) is 0.823. The van der Waals surface area contributed by atoms with Crippen LogP contribution in [0.5, 0.6) is 0 Å². The summed E-state index contributed by atoms with van der Waals surface area (Å²) in [6.07, 6.45) is 5.59. The van der Waals surface area contributed by atoms with Crippen molar-refractivity contribution in [3.8, 4) is 0 Å². The molecule has 3 heteroatoms. The van der Waals surface area contributed by atoms with Crippen LogP contribution >= 0.6 is 0 Å². The maximum absolute atomic E-state index is 5.00. The Morgan fingerprint density at radius 1 is 1.64 bits per heavy atom. The van der Waals surface area contributed by atoms with Crippen molar-refractivity contribution < 1.29 is 4.74 Å². The van der Waals surface area contributed by atoms with Crippen LogP contribution in [0.1, 0.15) is 0 Å². The Morgan fingerprint density at radius 2 is 2.45 bits per heavy atom. The van der Waals surface area contributed by atoms with E-state index in [0.717, 1.165) is 13.2 Å². The molecule has 62 valence electrons. The van der Waals surface area contributed by atoms with Gasteiger partial charge in [0.15, 0.2) is 0 Å². The second-order valence-corrected chi connectivity index (χ2v) is 2.55. The Balaban J connectivity index is 2.09. The molecule has 1 rings (SSSR count). The standard InChI is InChI=1S/C8H14N2O/c1-3-11-7-6-10-5-4-9(2)8-10/h3-5H,1,6-8H2,2H3. The topological polar surface area (TPSA) is 15.7 Å². The van der Waals surface area contributed by atoms with Crippen LogP contribution in [0.15, 0.2) is 25.2 Å². The number of hydrogen-bond acceptors (Lipinski definition) is 3. The molecule has 0 aliphatic carbocycles. The molecule has 0 saturated heterocycles. The van der Waals surface area contributed by atoms with E-state index >= 15 is 0 Å². The van der Waals surface area contributed by atoms with Crippen molar-refractivity contribution >= 4 is 0 Å². The van der Waals surface area contributed by atoms with E-state index in [2.05, 4.69) is 22.6 Å². The van der Waals surface area contributed by atoms with Gasteiger partial charge in [-0.3, -0.25) is 0 Å². The minimum atomic E-state index is 0.710. The lowest BCUT2D eigenvalue weighted by Gasteiger charge is -2.17. The summed E-state index contributed by atoms with van der Waals surface area (Å²) < 4.78 is 5.00. The van der Waals surface area contributed by atoms with Crippen LogP contribution < -0.4 is 0 Å². The molecule has 0 fully saturated rings. The lowest BCUT2D eigenvalue weighted by molar-refractivity contribution is 0.195. The van der Waals surface area contributed by atoms with Crippen molar-refractivity contribution in [1.29, 1.82) is 0 Å². The Labute approximate surface area is 67.5 Å². The third kappa shape index (κ3) is 2.53. The molecule has 3 nitrogen and oxygen atoms in total. The minimum Gasteiger partial charge on any atom is -0.500 e. The summed E-state index contributed by atoms with van der Waals surface area (Å²) in [7, 11) is 2.05. The quantitative estimate of drug-likeness (QED) is 0.440. The summed E-state index contributed by atoms with van der Waals surface area (Å²) in [5, 5.41) is 0. The molecule has 0 bridgehead atoms. The van der Waals surface area contributed by atoms with Crippen molar-refractivity contribution in [1.82, 2.24) is 9.80 Å². The van der Waals surface area contributed by atoms with Gasteiger partial charge in [-0.15, -0.1) is 0 Å². The maximum Gasteiger partial charge on any atom is 0.105 e. The predicted molar refractivity (Wildman–Crippen MR) is 44.6 cm³/mol. The maximum atomic E-state index is 5.00. The molecular formula is C8H14N2O. The summed E-state index contributed by atoms with van der Waals surface area (Å²) in [5.41, 5.74) is 0. The third-order valence-corrected chi connectivity index (χ3v) is 1.55. The first-order valence-electron chi connectivity index (χ1n) is 3.68. The summed E-state index contributed by atoms with van der Waals surface area (Å²) in [6, 6.07) is 0. The van der Waals surface area contributed by atoms with Crippen molar-refractivity contribution in [2.75, 3.05) is 26.9 Å². The van der Waals surface area contributed by atoms with Crippen molar-refractivity contribution in [3.05, 3.63) is 25.2 Å². The second-order valence-electron chi connectivity index (χ2n) is 2.55. The van der Waals surface area contributed by atoms with Gasteiger partial charge in [0.1, 0.15) is 6.61 Å². The van der Waals surface area contributed by atoms with Crippen molar-refractivity contribution in [2.24, 2.45) is 0 Å². The highest BCUT2D eigenvalue weighted by Gasteiger charge is 2.06. The van der Waals surface area contributed by atoms with Gasteiger partial charge >= 0.3 is 0 Å². The van der Waals surface area contributed by atoms with Crippen LogP contribution in [-0.2, 0) is 4.74 Å². The molecule has 1 aliphatic rings. The summed E-state index contributed by atoms with van der Waals surface area (Å²) in [5.74, 6) is 0. The molecule has 1 heterocycles. The zero-order valence-corrected chi connectivity index (χ0v) is 6.86. The van der Waals surface area contributed by atoms with Crippen LogP contribution in [0.4, 0.5) is 0 Å². The van der Waals surface area contributed by atoms with E-state index in [9.17, 15) is 0 Å². The van der Waals surface area contributed by atoms with Crippen LogP contribution in [0, 0.1) is 0 Å². The molecule has 0 N–H and O–H groups in total. The smallest absolute Gasteiger partial charge is 0.105 e. The fourth-order valence-corrected chi connectivity index (χ4v) is 0.987. The number of ether oxygens (including phenoxy) is 1. The van der Waals surface area contributed by atoms with Gasteiger partial charge in [0.25, 0.3) is 0 Å². The Morgan fingerprint density at radius 3 is 3.00 bits per heavy atom. The Bertz CT molecular complexity index is 156. The van der Waals surface area contributed by atoms with Crippen molar-refractivity contribution in [3.63, 3.8) is 0 Å². The molecule has 11 heavy (non-hydrogen) atoms. The fraction of sp³-hybridized carbons (Fsp3) is 0.500. The molecule has 0 radical (unpaired) electrons. The van der Waals surface area contributed by atoms with Gasteiger partial charge in [-0.1, -0.05) is 6.58 Å². The van der Waals surface area contributed by atoms with Gasteiger partial charge in [0.2, 0.25) is 0 Å². The number of nitrogens with zero attached hydrogens (tertiary/aromatic N) is 2. The van der Waals surface area contributed by atoms with Crippen LogP contribution in [0.2, 0.25) is 0 Å². The van der Waals surface area contributed by atoms with E-state index in [1.165, 1.54) is 6.26 Å². The molecule has 1 aliphatic heterocycles. The van der Waals surface area contributed by atoms with Crippen molar-refractivity contribution in [2.45, 2.75) is 0 Å². The highest BCUT2D eigenvalue weighted by atomic mass is 16.5. The van der Waals surface area contributed by atoms with Crippen LogP contribution in [0.3, 0.4) is 0 Å². The first kappa shape index (κ1) is 7.98. The Hall–Kier alpha value is -1.12. The van der Waals surface area contributed by atoms with Gasteiger partial charge in [-0.2, -0.15) is 0 Å². The highest BCUT2D eigenvalue weighted by Crippen LogP contribution is 2.02. The monoisotopic (exact) mass is 154 g/mol. The molecule has 0 atom stereocenters. The van der Waals surface area contributed by atoms with E-state index < -0.39 is 0 Å². The molecular weight excluding hydrogens is 140 g/mol. The average molecular weight is 154 g/mol. The summed E-state index contributed by atoms with van der Waals surface area (Å²) >= 11 is 0. The lowest BCUT2D eigenvalue weighted by Crippen LogP contribution is -2.25. The lowest BCUT2D eigenvalue weighted by atomic mass is 10.6. The second kappa shape index (κ2) is 3.91. The van der Waals surface area contributed by atoms with Gasteiger partial charge in [0.05, 0.1) is 19.5 Å². The minimum absolute atomic E-state index is 0.710. The summed E-state index contributed by atoms with van der Waals surface area (Å²) in [6.45, 7) is 6.06. The van der Waals surface area contributed by atoms with E-state index in [4.69, 9.17) is 4.74 Å². The average Bonchev–Trinajstić information content (AvgIpc) is 2.37. The highest BCUT2D eigenvalue weighted by molar-refractivity contribution is 4.88. The van der Waals surface area contributed by atoms with E-state index in [1.54, 1.807) is 0 Å². The zero-order chi connectivity index (χ0) is 8.10. The van der Waals surface area contributed by atoms with E-state index in [1.807, 2.05) is 13.2 Å². The fourth-order valence-electron chi connectivity index (χ4n) is 0.987. The van der Waals surface area contributed by atoms with Gasteiger partial charge in [0, 0.05) is 19.4 Å². The zero-order valence-electron chi connectivity index (χ0n) is 6.86. The molecule has 0 aromatic rings. The van der Waals surface area contributed by atoms with Crippen LogP contribution in [-0.4, -0.2) is 36.7 Å². The SMILES string of the molecule is C=COCCN1C=CN(C)C1. The van der Waals surface area contributed by atoms with E-state index in [-0.39, 0.29) is 0 Å². The largest absolute Gasteiger partial charge is 0.500 e. The number of rotatable bonds is 4. The normalized spacial score (nSPS) is 15.7. The molecule has 0 aromatic heterocycles. The third-order valence-electron chi connectivity index (χ3n) is 1.55. The van der Waals surface area contributed by atoms with Gasteiger partial charge in [-0.25, -0.2) is 0 Å².